The Balaban J connectivity index is 2.01. The van der Waals surface area contributed by atoms with Gasteiger partial charge in [0.15, 0.2) is 0 Å². The summed E-state index contributed by atoms with van der Waals surface area (Å²) in [6.07, 6.45) is 6.05. The second-order valence-corrected chi connectivity index (χ2v) is 6.67. The predicted octanol–water partition coefficient (Wildman–Crippen LogP) is 3.66. The molecule has 0 spiro atoms. The van der Waals surface area contributed by atoms with Crippen molar-refractivity contribution < 1.29 is 33.3 Å². The first-order valence-electron chi connectivity index (χ1n) is 10.1. The van der Waals surface area contributed by atoms with Crippen LogP contribution in [0.1, 0.15) is 38.2 Å². The number of carbonyl (C=O) groups is 3. The molecule has 0 aliphatic carbocycles. The van der Waals surface area contributed by atoms with E-state index in [9.17, 15) is 14.4 Å². The van der Waals surface area contributed by atoms with Gasteiger partial charge in [-0.05, 0) is 56.4 Å². The molecule has 1 N–H and O–H groups in total. The van der Waals surface area contributed by atoms with E-state index >= 15 is 0 Å². The van der Waals surface area contributed by atoms with Crippen molar-refractivity contribution in [3.63, 3.8) is 0 Å². The van der Waals surface area contributed by atoms with E-state index in [1.807, 2.05) is 24.3 Å². The number of hydrogen-bond donors (Lipinski definition) is 1. The van der Waals surface area contributed by atoms with Crippen LogP contribution in [0.15, 0.2) is 42.5 Å². The van der Waals surface area contributed by atoms with Gasteiger partial charge < -0.3 is 24.3 Å². The minimum atomic E-state index is -0.528. The van der Waals surface area contributed by atoms with E-state index in [1.54, 1.807) is 13.0 Å². The molecule has 1 amide bonds. The summed E-state index contributed by atoms with van der Waals surface area (Å²) in [6, 6.07) is 7.43. The number of hydrogen-bond acceptors (Lipinski definition) is 7. The topological polar surface area (TPSA) is 100 Å². The summed E-state index contributed by atoms with van der Waals surface area (Å²) < 4.78 is 20.1. The molecule has 0 bridgehead atoms. The molecule has 0 saturated heterocycles. The highest BCUT2D eigenvalue weighted by atomic mass is 16.6. The van der Waals surface area contributed by atoms with Crippen molar-refractivity contribution >= 4 is 24.1 Å². The van der Waals surface area contributed by atoms with Gasteiger partial charge in [-0.2, -0.15) is 0 Å². The van der Waals surface area contributed by atoms with Crippen LogP contribution in [0.4, 0.5) is 4.79 Å². The molecule has 0 atom stereocenters. The molecular weight excluding hydrogens is 402 g/mol. The first-order chi connectivity index (χ1) is 14.9. The molecule has 1 aromatic rings. The van der Waals surface area contributed by atoms with Crippen LogP contribution < -0.4 is 10.1 Å². The zero-order valence-electron chi connectivity index (χ0n) is 18.2. The fourth-order valence-electron chi connectivity index (χ4n) is 2.29. The fourth-order valence-corrected chi connectivity index (χ4v) is 2.29. The van der Waals surface area contributed by atoms with Gasteiger partial charge in [-0.1, -0.05) is 18.7 Å². The van der Waals surface area contributed by atoms with Crippen molar-refractivity contribution in [2.45, 2.75) is 32.6 Å². The fraction of sp³-hybridized carbons (Fsp3) is 0.435. The van der Waals surface area contributed by atoms with Crippen LogP contribution in [-0.4, -0.2) is 51.5 Å². The predicted molar refractivity (Wildman–Crippen MR) is 117 cm³/mol. The molecule has 8 heteroatoms. The van der Waals surface area contributed by atoms with E-state index in [1.165, 1.54) is 13.2 Å². The lowest BCUT2D eigenvalue weighted by atomic mass is 10.2. The molecule has 0 aliphatic heterocycles. The number of unbranched alkanes of at least 4 members (excludes halogenated alkanes) is 3. The normalized spacial score (nSPS) is 10.4. The summed E-state index contributed by atoms with van der Waals surface area (Å²) in [5, 5.41) is 2.51. The van der Waals surface area contributed by atoms with E-state index < -0.39 is 18.0 Å². The molecule has 0 unspecified atom stereocenters. The van der Waals surface area contributed by atoms with Gasteiger partial charge in [0.05, 0.1) is 26.9 Å². The third-order valence-corrected chi connectivity index (χ3v) is 3.99. The minimum absolute atomic E-state index is 0.0771. The van der Waals surface area contributed by atoms with Crippen molar-refractivity contribution in [3.05, 3.63) is 48.1 Å². The maximum absolute atomic E-state index is 11.5. The van der Waals surface area contributed by atoms with E-state index in [4.69, 9.17) is 14.2 Å². The van der Waals surface area contributed by atoms with Gasteiger partial charge in [-0.25, -0.2) is 14.4 Å². The molecule has 0 saturated carbocycles. The maximum atomic E-state index is 11.5. The van der Waals surface area contributed by atoms with E-state index in [2.05, 4.69) is 16.6 Å². The number of methoxy groups -OCH3 is 1. The zero-order valence-corrected chi connectivity index (χ0v) is 18.2. The number of alkyl carbamates (subject to hydrolysis) is 1. The van der Waals surface area contributed by atoms with Crippen LogP contribution in [0.3, 0.4) is 0 Å². The van der Waals surface area contributed by atoms with Crippen LogP contribution in [0.5, 0.6) is 5.75 Å². The Bertz CT molecular complexity index is 741. The Labute approximate surface area is 183 Å². The lowest BCUT2D eigenvalue weighted by Gasteiger charge is -2.08. The number of esters is 2. The maximum Gasteiger partial charge on any atom is 0.407 e. The smallest absolute Gasteiger partial charge is 0.407 e. The third-order valence-electron chi connectivity index (χ3n) is 3.99. The van der Waals surface area contributed by atoms with E-state index in [0.717, 1.165) is 37.0 Å². The lowest BCUT2D eigenvalue weighted by molar-refractivity contribution is -0.138. The van der Waals surface area contributed by atoms with Gasteiger partial charge >= 0.3 is 18.0 Å². The molecule has 0 aliphatic rings. The van der Waals surface area contributed by atoms with E-state index in [0.29, 0.717) is 18.8 Å². The largest absolute Gasteiger partial charge is 0.494 e. The van der Waals surface area contributed by atoms with Gasteiger partial charge in [0, 0.05) is 11.6 Å². The van der Waals surface area contributed by atoms with Gasteiger partial charge in [-0.15, -0.1) is 0 Å². The Kier molecular flexibility index (Phi) is 12.9. The van der Waals surface area contributed by atoms with Crippen molar-refractivity contribution in [2.24, 2.45) is 0 Å². The molecule has 0 heterocycles. The summed E-state index contributed by atoms with van der Waals surface area (Å²) in [5.41, 5.74) is 1.20. The number of ether oxygens (including phenoxy) is 4. The molecular formula is C23H31NO7. The Hall–Kier alpha value is -3.29. The Morgan fingerprint density at radius 2 is 1.65 bits per heavy atom. The molecule has 0 aromatic heterocycles. The molecule has 0 radical (unpaired) electrons. The number of benzene rings is 1. The van der Waals surface area contributed by atoms with Crippen LogP contribution in [0.2, 0.25) is 0 Å². The van der Waals surface area contributed by atoms with Gasteiger partial charge in [-0.3, -0.25) is 0 Å². The molecule has 0 fully saturated rings. The number of nitrogens with one attached hydrogen (secondary N) is 1. The van der Waals surface area contributed by atoms with Crippen molar-refractivity contribution in [3.8, 4) is 5.75 Å². The summed E-state index contributed by atoms with van der Waals surface area (Å²) in [5.74, 6) is -0.110. The van der Waals surface area contributed by atoms with Crippen molar-refractivity contribution in [1.82, 2.24) is 5.32 Å². The quantitative estimate of drug-likeness (QED) is 0.207. The second kappa shape index (κ2) is 15.5. The number of carbonyl (C=O) groups excluding carboxylic acids is 3. The lowest BCUT2D eigenvalue weighted by Crippen LogP contribution is -2.29. The van der Waals surface area contributed by atoms with Gasteiger partial charge in [0.2, 0.25) is 0 Å². The minimum Gasteiger partial charge on any atom is -0.494 e. The third kappa shape index (κ3) is 12.8. The van der Waals surface area contributed by atoms with Crippen molar-refractivity contribution in [1.29, 1.82) is 0 Å². The summed E-state index contributed by atoms with van der Waals surface area (Å²) in [6.45, 7) is 6.23. The summed E-state index contributed by atoms with van der Waals surface area (Å²) in [7, 11) is 1.34. The highest BCUT2D eigenvalue weighted by molar-refractivity contribution is 5.87. The standard InChI is InChI=1S/C23H31NO7/c1-18(2)22(26)30-17-14-24-23(27)31-16-7-5-4-6-15-29-20-11-8-19(9-12-20)10-13-21(25)28-3/h8-13H,1,4-7,14-17H2,2-3H3,(H,24,27)/b13-10+. The number of rotatable bonds is 14. The average molecular weight is 434 g/mol. The Morgan fingerprint density at radius 1 is 0.968 bits per heavy atom. The highest BCUT2D eigenvalue weighted by Crippen LogP contribution is 2.14. The number of amides is 1. The van der Waals surface area contributed by atoms with Gasteiger partial charge in [0.1, 0.15) is 12.4 Å². The molecule has 8 nitrogen and oxygen atoms in total. The van der Waals surface area contributed by atoms with Crippen LogP contribution in [0, 0.1) is 0 Å². The molecule has 170 valence electrons. The van der Waals surface area contributed by atoms with E-state index in [-0.39, 0.29) is 13.2 Å². The highest BCUT2D eigenvalue weighted by Gasteiger charge is 2.04. The van der Waals surface area contributed by atoms with Crippen LogP contribution in [0.25, 0.3) is 6.08 Å². The monoisotopic (exact) mass is 433 g/mol. The summed E-state index contributed by atoms with van der Waals surface area (Å²) >= 11 is 0. The average Bonchev–Trinajstić information content (AvgIpc) is 2.77. The van der Waals surface area contributed by atoms with Crippen LogP contribution in [-0.2, 0) is 23.8 Å². The van der Waals surface area contributed by atoms with Crippen LogP contribution >= 0.6 is 0 Å². The summed E-state index contributed by atoms with van der Waals surface area (Å²) in [4.78, 5) is 33.7. The van der Waals surface area contributed by atoms with Crippen molar-refractivity contribution in [2.75, 3.05) is 33.5 Å². The molecule has 1 rings (SSSR count). The Morgan fingerprint density at radius 3 is 2.29 bits per heavy atom. The molecule has 1 aromatic carbocycles. The first-order valence-corrected chi connectivity index (χ1v) is 10.1. The SMILES string of the molecule is C=C(C)C(=O)OCCNC(=O)OCCCCCCOc1ccc(/C=C/C(=O)OC)cc1. The first kappa shape index (κ1) is 25.7. The van der Waals surface area contributed by atoms with Gasteiger partial charge in [0.25, 0.3) is 0 Å². The second-order valence-electron chi connectivity index (χ2n) is 6.67. The zero-order chi connectivity index (χ0) is 22.9. The molecule has 31 heavy (non-hydrogen) atoms.